The van der Waals surface area contributed by atoms with E-state index in [9.17, 15) is 9.18 Å². The van der Waals surface area contributed by atoms with Gasteiger partial charge in [-0.05, 0) is 64.6 Å². The molecule has 0 aromatic heterocycles. The summed E-state index contributed by atoms with van der Waals surface area (Å²) in [5.74, 6) is -0.563. The van der Waals surface area contributed by atoms with Gasteiger partial charge in [-0.2, -0.15) is 0 Å². The zero-order valence-electron chi connectivity index (χ0n) is 9.94. The van der Waals surface area contributed by atoms with Gasteiger partial charge >= 0.3 is 0 Å². The zero-order valence-corrected chi connectivity index (χ0v) is 12.1. The summed E-state index contributed by atoms with van der Waals surface area (Å²) in [5, 5.41) is 2.74. The SMILES string of the molecule is O=C(/C=C/c1cccc(F)c1)Nc1cccc(I)c1. The van der Waals surface area contributed by atoms with E-state index >= 15 is 0 Å². The van der Waals surface area contributed by atoms with Gasteiger partial charge in [-0.1, -0.05) is 18.2 Å². The monoisotopic (exact) mass is 367 g/mol. The summed E-state index contributed by atoms with van der Waals surface area (Å²) in [5.41, 5.74) is 1.39. The number of amides is 1. The van der Waals surface area contributed by atoms with Crippen LogP contribution in [0.2, 0.25) is 0 Å². The Labute approximate surface area is 124 Å². The number of carbonyl (C=O) groups is 1. The number of carbonyl (C=O) groups excluding carboxylic acids is 1. The molecule has 0 atom stereocenters. The standard InChI is InChI=1S/C15H11FINO/c16-12-4-1-3-11(9-12)7-8-15(19)18-14-6-2-5-13(17)10-14/h1-10H,(H,18,19)/b8-7+. The molecule has 0 aliphatic carbocycles. The molecule has 0 saturated carbocycles. The maximum absolute atomic E-state index is 12.9. The summed E-state index contributed by atoms with van der Waals surface area (Å²) in [7, 11) is 0. The molecular formula is C15H11FINO. The van der Waals surface area contributed by atoms with Crippen molar-refractivity contribution >= 4 is 40.3 Å². The van der Waals surface area contributed by atoms with Gasteiger partial charge in [0, 0.05) is 15.3 Å². The average molecular weight is 367 g/mol. The summed E-state index contributed by atoms with van der Waals surface area (Å²) < 4.78 is 14.0. The summed E-state index contributed by atoms with van der Waals surface area (Å²) in [6.45, 7) is 0. The van der Waals surface area contributed by atoms with Crippen molar-refractivity contribution in [3.05, 3.63) is 69.6 Å². The lowest BCUT2D eigenvalue weighted by Crippen LogP contribution is -2.07. The zero-order chi connectivity index (χ0) is 13.7. The molecule has 0 radical (unpaired) electrons. The van der Waals surface area contributed by atoms with E-state index in [1.54, 1.807) is 18.2 Å². The van der Waals surface area contributed by atoms with Gasteiger partial charge in [-0.3, -0.25) is 4.79 Å². The molecule has 2 aromatic rings. The topological polar surface area (TPSA) is 29.1 Å². The predicted molar refractivity (Wildman–Crippen MR) is 83.2 cm³/mol. The molecule has 1 N–H and O–H groups in total. The van der Waals surface area contributed by atoms with E-state index in [4.69, 9.17) is 0 Å². The maximum Gasteiger partial charge on any atom is 0.248 e. The Morgan fingerprint density at radius 2 is 1.95 bits per heavy atom. The first-order valence-corrected chi connectivity index (χ1v) is 6.71. The predicted octanol–water partition coefficient (Wildman–Crippen LogP) is 4.08. The third-order valence-electron chi connectivity index (χ3n) is 2.37. The fourth-order valence-electron chi connectivity index (χ4n) is 1.53. The van der Waals surface area contributed by atoms with Crippen molar-refractivity contribution in [1.29, 1.82) is 0 Å². The van der Waals surface area contributed by atoms with E-state index in [2.05, 4.69) is 27.9 Å². The lowest BCUT2D eigenvalue weighted by Gasteiger charge is -2.02. The van der Waals surface area contributed by atoms with Gasteiger partial charge in [0.2, 0.25) is 5.91 Å². The Morgan fingerprint density at radius 1 is 1.16 bits per heavy atom. The van der Waals surface area contributed by atoms with Gasteiger partial charge in [0.15, 0.2) is 0 Å². The van der Waals surface area contributed by atoms with E-state index in [1.165, 1.54) is 18.2 Å². The van der Waals surface area contributed by atoms with E-state index in [-0.39, 0.29) is 11.7 Å². The number of halogens is 2. The molecule has 1 amide bonds. The lowest BCUT2D eigenvalue weighted by molar-refractivity contribution is -0.111. The van der Waals surface area contributed by atoms with Gasteiger partial charge in [0.25, 0.3) is 0 Å². The molecule has 0 fully saturated rings. The van der Waals surface area contributed by atoms with Crippen LogP contribution in [0.5, 0.6) is 0 Å². The Balaban J connectivity index is 2.01. The number of anilines is 1. The molecule has 96 valence electrons. The highest BCUT2D eigenvalue weighted by Gasteiger charge is 1.98. The molecule has 0 heterocycles. The molecule has 19 heavy (non-hydrogen) atoms. The first-order chi connectivity index (χ1) is 9.13. The first-order valence-electron chi connectivity index (χ1n) is 5.64. The van der Waals surface area contributed by atoms with Crippen molar-refractivity contribution in [2.45, 2.75) is 0 Å². The van der Waals surface area contributed by atoms with Crippen LogP contribution in [0, 0.1) is 9.39 Å². The minimum absolute atomic E-state index is 0.244. The van der Waals surface area contributed by atoms with Crippen molar-refractivity contribution in [3.63, 3.8) is 0 Å². The second-order valence-corrected chi connectivity index (χ2v) is 5.13. The molecule has 0 aliphatic heterocycles. The number of benzene rings is 2. The molecule has 2 nitrogen and oxygen atoms in total. The first kappa shape index (κ1) is 13.7. The molecule has 0 unspecified atom stereocenters. The highest BCUT2D eigenvalue weighted by molar-refractivity contribution is 14.1. The van der Waals surface area contributed by atoms with Crippen LogP contribution < -0.4 is 5.32 Å². The van der Waals surface area contributed by atoms with E-state index in [0.29, 0.717) is 5.56 Å². The van der Waals surface area contributed by atoms with Gasteiger partial charge in [0.05, 0.1) is 0 Å². The second-order valence-electron chi connectivity index (χ2n) is 3.89. The lowest BCUT2D eigenvalue weighted by atomic mass is 10.2. The van der Waals surface area contributed by atoms with Gasteiger partial charge in [0.1, 0.15) is 5.82 Å². The fraction of sp³-hybridized carbons (Fsp3) is 0. The van der Waals surface area contributed by atoms with E-state index in [0.717, 1.165) is 9.26 Å². The molecule has 2 aromatic carbocycles. The molecule has 4 heteroatoms. The van der Waals surface area contributed by atoms with Crippen molar-refractivity contribution in [2.75, 3.05) is 5.32 Å². The van der Waals surface area contributed by atoms with Crippen LogP contribution in [0.15, 0.2) is 54.6 Å². The van der Waals surface area contributed by atoms with Crippen LogP contribution in [-0.2, 0) is 4.79 Å². The molecular weight excluding hydrogens is 356 g/mol. The van der Waals surface area contributed by atoms with E-state index in [1.807, 2.05) is 24.3 Å². The highest BCUT2D eigenvalue weighted by Crippen LogP contribution is 2.12. The Morgan fingerprint density at radius 3 is 2.68 bits per heavy atom. The summed E-state index contributed by atoms with van der Waals surface area (Å²) in [4.78, 5) is 11.7. The van der Waals surface area contributed by atoms with Crippen LogP contribution in [0.25, 0.3) is 6.08 Å². The molecule has 0 bridgehead atoms. The van der Waals surface area contributed by atoms with Crippen LogP contribution in [0.4, 0.5) is 10.1 Å². The largest absolute Gasteiger partial charge is 0.322 e. The quantitative estimate of drug-likeness (QED) is 0.643. The minimum Gasteiger partial charge on any atom is -0.322 e. The van der Waals surface area contributed by atoms with Gasteiger partial charge in [-0.15, -0.1) is 0 Å². The third-order valence-corrected chi connectivity index (χ3v) is 3.04. The Hall–Kier alpha value is -1.69. The third kappa shape index (κ3) is 4.48. The fourth-order valence-corrected chi connectivity index (χ4v) is 2.08. The number of hydrogen-bond acceptors (Lipinski definition) is 1. The smallest absolute Gasteiger partial charge is 0.248 e. The molecule has 0 spiro atoms. The molecule has 0 saturated heterocycles. The van der Waals surface area contributed by atoms with Crippen molar-refractivity contribution in [3.8, 4) is 0 Å². The van der Waals surface area contributed by atoms with Crippen LogP contribution in [0.1, 0.15) is 5.56 Å². The van der Waals surface area contributed by atoms with Crippen LogP contribution in [-0.4, -0.2) is 5.91 Å². The Bertz CT molecular complexity index is 625. The molecule has 2 rings (SSSR count). The van der Waals surface area contributed by atoms with E-state index < -0.39 is 0 Å². The van der Waals surface area contributed by atoms with Crippen LogP contribution >= 0.6 is 22.6 Å². The van der Waals surface area contributed by atoms with Gasteiger partial charge in [-0.25, -0.2) is 4.39 Å². The normalized spacial score (nSPS) is 10.6. The number of hydrogen-bond donors (Lipinski definition) is 1. The van der Waals surface area contributed by atoms with Crippen molar-refractivity contribution in [2.24, 2.45) is 0 Å². The average Bonchev–Trinajstić information content (AvgIpc) is 2.36. The summed E-state index contributed by atoms with van der Waals surface area (Å²) >= 11 is 2.18. The summed E-state index contributed by atoms with van der Waals surface area (Å²) in [6.07, 6.45) is 2.96. The summed E-state index contributed by atoms with van der Waals surface area (Å²) in [6, 6.07) is 13.6. The Kier molecular flexibility index (Phi) is 4.68. The number of rotatable bonds is 3. The van der Waals surface area contributed by atoms with Crippen LogP contribution in [0.3, 0.4) is 0 Å². The second kappa shape index (κ2) is 6.47. The molecule has 0 aliphatic rings. The highest BCUT2D eigenvalue weighted by atomic mass is 127. The van der Waals surface area contributed by atoms with Gasteiger partial charge < -0.3 is 5.32 Å². The van der Waals surface area contributed by atoms with Crippen molar-refractivity contribution < 1.29 is 9.18 Å². The van der Waals surface area contributed by atoms with Crippen molar-refractivity contribution in [1.82, 2.24) is 0 Å². The maximum atomic E-state index is 12.9. The minimum atomic E-state index is -0.319. The number of nitrogens with one attached hydrogen (secondary N) is 1.